The van der Waals surface area contributed by atoms with E-state index in [0.29, 0.717) is 36.5 Å². The minimum absolute atomic E-state index is 0.0357. The summed E-state index contributed by atoms with van der Waals surface area (Å²) in [6, 6.07) is 27.4. The van der Waals surface area contributed by atoms with Crippen molar-refractivity contribution in [3.8, 4) is 0 Å². The van der Waals surface area contributed by atoms with Gasteiger partial charge in [-0.15, -0.1) is 10.2 Å². The van der Waals surface area contributed by atoms with Crippen LogP contribution in [0.4, 0.5) is 0 Å². The third-order valence-electron chi connectivity index (χ3n) is 6.31. The maximum Gasteiger partial charge on any atom is 0.263 e. The molecule has 7 heteroatoms. The zero-order valence-electron chi connectivity index (χ0n) is 19.6. The number of hydrogen-bond acceptors (Lipinski definition) is 4. The minimum Gasteiger partial charge on any atom is -0.355 e. The number of amides is 1. The number of carbonyl (C=O) groups is 1. The summed E-state index contributed by atoms with van der Waals surface area (Å²) in [6.07, 6.45) is 0.703. The molecule has 0 saturated heterocycles. The minimum atomic E-state index is -0.108. The molecule has 1 N–H and O–H groups in total. The van der Waals surface area contributed by atoms with Gasteiger partial charge >= 0.3 is 0 Å². The fourth-order valence-electron chi connectivity index (χ4n) is 4.36. The molecule has 5 rings (SSSR count). The van der Waals surface area contributed by atoms with Crippen LogP contribution in [0.3, 0.4) is 0 Å². The van der Waals surface area contributed by atoms with Gasteiger partial charge in [0.25, 0.3) is 5.56 Å². The Balaban J connectivity index is 1.39. The van der Waals surface area contributed by atoms with E-state index in [9.17, 15) is 9.59 Å². The summed E-state index contributed by atoms with van der Waals surface area (Å²) in [5.74, 6) is 1.33. The number of rotatable bonds is 8. The van der Waals surface area contributed by atoms with Gasteiger partial charge in [0.15, 0.2) is 0 Å². The van der Waals surface area contributed by atoms with Crippen molar-refractivity contribution < 1.29 is 4.79 Å². The van der Waals surface area contributed by atoms with E-state index in [1.54, 1.807) is 4.57 Å². The molecule has 2 aromatic heterocycles. The van der Waals surface area contributed by atoms with Crippen LogP contribution in [-0.4, -0.2) is 31.6 Å². The number of aryl methyl sites for hydroxylation is 1. The maximum atomic E-state index is 13.3. The molecule has 0 saturated carbocycles. The average Bonchev–Trinajstić information content (AvgIpc) is 3.33. The van der Waals surface area contributed by atoms with Crippen molar-refractivity contribution in [2.24, 2.45) is 0 Å². The van der Waals surface area contributed by atoms with Crippen LogP contribution in [0.1, 0.15) is 36.2 Å². The van der Waals surface area contributed by atoms with E-state index in [-0.39, 0.29) is 23.8 Å². The molecule has 0 aliphatic rings. The highest BCUT2D eigenvalue weighted by Crippen LogP contribution is 2.17. The summed E-state index contributed by atoms with van der Waals surface area (Å²) in [7, 11) is 0. The van der Waals surface area contributed by atoms with E-state index in [1.165, 1.54) is 5.56 Å². The van der Waals surface area contributed by atoms with Crippen molar-refractivity contribution >= 4 is 22.6 Å². The number of nitrogens with zero attached hydrogens (tertiary/aromatic N) is 4. The second kappa shape index (κ2) is 9.93. The number of aromatic nitrogens is 4. The van der Waals surface area contributed by atoms with Crippen LogP contribution < -0.4 is 10.9 Å². The molecule has 0 unspecified atom stereocenters. The Bertz CT molecular complexity index is 1520. The molecule has 0 bridgehead atoms. The van der Waals surface area contributed by atoms with Crippen molar-refractivity contribution in [3.63, 3.8) is 0 Å². The standard InChI is InChI=1S/C28H27N5O2/c1-20(22-12-6-3-7-13-22)18-29-26(34)17-16-25-30-31-28-32(19-21-10-4-2-5-11-21)27(35)23-14-8-9-15-24(23)33(25)28/h2-15,20H,16-19H2,1H3,(H,29,34)/t20-/m1/s1. The van der Waals surface area contributed by atoms with Crippen LogP contribution in [0, 0.1) is 0 Å². The SMILES string of the molecule is C[C@H](CNC(=O)CCc1nnc2n(Cc3ccccc3)c(=O)c3ccccc3n12)c1ccccc1. The van der Waals surface area contributed by atoms with Crippen LogP contribution >= 0.6 is 0 Å². The van der Waals surface area contributed by atoms with Crippen LogP contribution in [0.2, 0.25) is 0 Å². The van der Waals surface area contributed by atoms with Crippen LogP contribution in [0.5, 0.6) is 0 Å². The monoisotopic (exact) mass is 465 g/mol. The van der Waals surface area contributed by atoms with Gasteiger partial charge in [0.05, 0.1) is 17.4 Å². The van der Waals surface area contributed by atoms with E-state index >= 15 is 0 Å². The number of fused-ring (bicyclic) bond motifs is 3. The Labute approximate surface area is 203 Å². The van der Waals surface area contributed by atoms with Crippen LogP contribution in [-0.2, 0) is 17.8 Å². The molecule has 176 valence electrons. The third kappa shape index (κ3) is 4.71. The number of nitrogens with one attached hydrogen (secondary N) is 1. The van der Waals surface area contributed by atoms with Gasteiger partial charge in [0.2, 0.25) is 11.7 Å². The second-order valence-corrected chi connectivity index (χ2v) is 8.76. The van der Waals surface area contributed by atoms with E-state index < -0.39 is 0 Å². The van der Waals surface area contributed by atoms with Crippen LogP contribution in [0.15, 0.2) is 89.7 Å². The first kappa shape index (κ1) is 22.5. The zero-order chi connectivity index (χ0) is 24.2. The molecular formula is C28H27N5O2. The molecule has 5 aromatic rings. The summed E-state index contributed by atoms with van der Waals surface area (Å²) >= 11 is 0. The summed E-state index contributed by atoms with van der Waals surface area (Å²) < 4.78 is 3.55. The van der Waals surface area contributed by atoms with Gasteiger partial charge < -0.3 is 5.32 Å². The molecule has 35 heavy (non-hydrogen) atoms. The van der Waals surface area contributed by atoms with Gasteiger partial charge in [0.1, 0.15) is 5.82 Å². The lowest BCUT2D eigenvalue weighted by atomic mass is 10.0. The Morgan fingerprint density at radius 3 is 2.37 bits per heavy atom. The van der Waals surface area contributed by atoms with Gasteiger partial charge in [0, 0.05) is 19.4 Å². The normalized spacial score (nSPS) is 12.1. The first-order chi connectivity index (χ1) is 17.1. The van der Waals surface area contributed by atoms with Gasteiger partial charge in [-0.3, -0.25) is 18.6 Å². The molecule has 0 fully saturated rings. The summed E-state index contributed by atoms with van der Waals surface area (Å²) in [4.78, 5) is 25.9. The molecule has 1 amide bonds. The molecule has 7 nitrogen and oxygen atoms in total. The van der Waals surface area contributed by atoms with E-state index in [4.69, 9.17) is 0 Å². The number of hydrogen-bond donors (Lipinski definition) is 1. The largest absolute Gasteiger partial charge is 0.355 e. The lowest BCUT2D eigenvalue weighted by Gasteiger charge is -2.13. The average molecular weight is 466 g/mol. The summed E-state index contributed by atoms with van der Waals surface area (Å²) in [5.41, 5.74) is 2.83. The van der Waals surface area contributed by atoms with Gasteiger partial charge in [-0.05, 0) is 29.2 Å². The van der Waals surface area contributed by atoms with Crippen molar-refractivity contribution in [1.29, 1.82) is 0 Å². The van der Waals surface area contributed by atoms with Gasteiger partial charge in [-0.25, -0.2) is 0 Å². The Hall–Kier alpha value is -4.26. The lowest BCUT2D eigenvalue weighted by molar-refractivity contribution is -0.121. The highest BCUT2D eigenvalue weighted by atomic mass is 16.1. The molecule has 0 aliphatic heterocycles. The quantitative estimate of drug-likeness (QED) is 0.376. The predicted molar refractivity (Wildman–Crippen MR) is 136 cm³/mol. The Kier molecular flexibility index (Phi) is 6.39. The molecular weight excluding hydrogens is 438 g/mol. The maximum absolute atomic E-state index is 13.3. The lowest BCUT2D eigenvalue weighted by Crippen LogP contribution is -2.28. The van der Waals surface area contributed by atoms with E-state index in [2.05, 4.69) is 34.6 Å². The Morgan fingerprint density at radius 1 is 0.914 bits per heavy atom. The molecule has 2 heterocycles. The number of para-hydroxylation sites is 1. The Morgan fingerprint density at radius 2 is 1.60 bits per heavy atom. The fourth-order valence-corrected chi connectivity index (χ4v) is 4.36. The first-order valence-corrected chi connectivity index (χ1v) is 11.8. The highest BCUT2D eigenvalue weighted by Gasteiger charge is 2.17. The van der Waals surface area contributed by atoms with Crippen molar-refractivity contribution in [3.05, 3.63) is 112 Å². The molecule has 3 aromatic carbocycles. The highest BCUT2D eigenvalue weighted by molar-refractivity contribution is 5.80. The van der Waals surface area contributed by atoms with Gasteiger partial charge in [-0.1, -0.05) is 79.7 Å². The van der Waals surface area contributed by atoms with Crippen molar-refractivity contribution in [1.82, 2.24) is 24.5 Å². The van der Waals surface area contributed by atoms with E-state index in [1.807, 2.05) is 77.2 Å². The second-order valence-electron chi connectivity index (χ2n) is 8.76. The molecule has 0 aliphatic carbocycles. The van der Waals surface area contributed by atoms with Gasteiger partial charge in [-0.2, -0.15) is 0 Å². The van der Waals surface area contributed by atoms with Crippen molar-refractivity contribution in [2.45, 2.75) is 32.2 Å². The molecule has 0 spiro atoms. The number of benzene rings is 3. The molecule has 1 atom stereocenters. The summed E-state index contributed by atoms with van der Waals surface area (Å²) in [6.45, 7) is 3.06. The fraction of sp³-hybridized carbons (Fsp3) is 0.214. The smallest absolute Gasteiger partial charge is 0.263 e. The molecule has 0 radical (unpaired) electrons. The third-order valence-corrected chi connectivity index (χ3v) is 6.31. The topological polar surface area (TPSA) is 81.3 Å². The number of carbonyl (C=O) groups excluding carboxylic acids is 1. The van der Waals surface area contributed by atoms with E-state index in [0.717, 1.165) is 11.1 Å². The predicted octanol–water partition coefficient (Wildman–Crippen LogP) is 3.95. The van der Waals surface area contributed by atoms with Crippen LogP contribution in [0.25, 0.3) is 16.7 Å². The zero-order valence-corrected chi connectivity index (χ0v) is 19.6. The summed E-state index contributed by atoms with van der Waals surface area (Å²) in [5, 5.41) is 12.4. The first-order valence-electron chi connectivity index (χ1n) is 11.8. The van der Waals surface area contributed by atoms with Crippen molar-refractivity contribution in [2.75, 3.05) is 6.54 Å².